The molecule has 0 bridgehead atoms. The van der Waals surface area contributed by atoms with Crippen LogP contribution >= 0.6 is 0 Å². The van der Waals surface area contributed by atoms with Crippen molar-refractivity contribution in [2.24, 2.45) is 5.92 Å². The molecule has 0 aromatic heterocycles. The number of piperidine rings is 2. The van der Waals surface area contributed by atoms with Gasteiger partial charge in [-0.05, 0) is 84.5 Å². The highest BCUT2D eigenvalue weighted by molar-refractivity contribution is 7.82. The zero-order valence-corrected chi connectivity index (χ0v) is 23.4. The Bertz CT molecular complexity index is 1340. The Labute approximate surface area is 236 Å². The van der Waals surface area contributed by atoms with Gasteiger partial charge in [-0.1, -0.05) is 103 Å². The van der Waals surface area contributed by atoms with Crippen LogP contribution in [0.25, 0.3) is 11.1 Å². The van der Waals surface area contributed by atoms with E-state index in [9.17, 15) is 4.21 Å². The van der Waals surface area contributed by atoms with Gasteiger partial charge >= 0.3 is 0 Å². The van der Waals surface area contributed by atoms with Crippen molar-refractivity contribution in [2.45, 2.75) is 36.0 Å². The third-order valence-corrected chi connectivity index (χ3v) is 9.99. The topological polar surface area (TPSA) is 23.6 Å². The summed E-state index contributed by atoms with van der Waals surface area (Å²) in [7, 11) is -1.17. The van der Waals surface area contributed by atoms with Gasteiger partial charge in [0.2, 0.25) is 0 Å². The summed E-state index contributed by atoms with van der Waals surface area (Å²) in [5.41, 5.74) is 5.20. The van der Waals surface area contributed by atoms with Gasteiger partial charge in [0.05, 0.1) is 4.90 Å². The van der Waals surface area contributed by atoms with E-state index in [4.69, 9.17) is 0 Å². The molecule has 1 unspecified atom stereocenters. The largest absolute Gasteiger partial charge is 0.303 e. The first-order valence-electron chi connectivity index (χ1n) is 14.4. The molecule has 4 heteroatoms. The van der Waals surface area contributed by atoms with Gasteiger partial charge in [-0.25, -0.2) is 8.51 Å². The molecule has 0 spiro atoms. The maximum absolute atomic E-state index is 13.9. The van der Waals surface area contributed by atoms with Gasteiger partial charge in [-0.3, -0.25) is 0 Å². The molecule has 0 saturated carbocycles. The minimum atomic E-state index is -1.17. The Kier molecular flexibility index (Phi) is 8.34. The summed E-state index contributed by atoms with van der Waals surface area (Å²) in [6.45, 7) is 5.11. The molecule has 0 N–H and O–H groups in total. The van der Waals surface area contributed by atoms with E-state index in [0.29, 0.717) is 17.8 Å². The Morgan fingerprint density at radius 1 is 0.615 bits per heavy atom. The first kappa shape index (κ1) is 26.2. The minimum Gasteiger partial charge on any atom is -0.303 e. The van der Waals surface area contributed by atoms with Crippen LogP contribution < -0.4 is 0 Å². The molecule has 2 saturated heterocycles. The number of rotatable bonds is 7. The van der Waals surface area contributed by atoms with Crippen molar-refractivity contribution in [1.82, 2.24) is 9.21 Å². The average Bonchev–Trinajstić information content (AvgIpc) is 3.02. The van der Waals surface area contributed by atoms with Gasteiger partial charge in [-0.15, -0.1) is 0 Å². The van der Waals surface area contributed by atoms with Crippen LogP contribution in [-0.2, 0) is 11.0 Å². The number of hydrogen-bond acceptors (Lipinski definition) is 2. The van der Waals surface area contributed by atoms with Crippen LogP contribution in [0.3, 0.4) is 0 Å². The van der Waals surface area contributed by atoms with Crippen LogP contribution in [0.1, 0.15) is 42.2 Å². The summed E-state index contributed by atoms with van der Waals surface area (Å²) in [5, 5.41) is 0. The maximum Gasteiger partial charge on any atom is 0.127 e. The van der Waals surface area contributed by atoms with Crippen LogP contribution in [0.15, 0.2) is 120 Å². The Morgan fingerprint density at radius 3 is 1.77 bits per heavy atom. The van der Waals surface area contributed by atoms with E-state index in [1.807, 2.05) is 18.2 Å². The van der Waals surface area contributed by atoms with Crippen molar-refractivity contribution < 1.29 is 4.21 Å². The number of hydrogen-bond donors (Lipinski definition) is 0. The van der Waals surface area contributed by atoms with Gasteiger partial charge in [0.1, 0.15) is 11.0 Å². The van der Waals surface area contributed by atoms with Crippen molar-refractivity contribution in [3.05, 3.63) is 126 Å². The molecule has 0 amide bonds. The predicted octanol–water partition coefficient (Wildman–Crippen LogP) is 7.36. The SMILES string of the molecule is O=S(c1ccc(-c2ccccc2)cc1)N1C[C@H](CN2CCC(c3ccccc3)CC2)C[C@@H](c2ccccc2)C1. The Hall–Kier alpha value is -3.05. The van der Waals surface area contributed by atoms with Crippen LogP contribution in [0.5, 0.6) is 0 Å². The van der Waals surface area contributed by atoms with Crippen LogP contribution in [-0.4, -0.2) is 46.1 Å². The Morgan fingerprint density at radius 2 is 1.15 bits per heavy atom. The Balaban J connectivity index is 1.15. The molecule has 39 heavy (non-hydrogen) atoms. The lowest BCUT2D eigenvalue weighted by molar-refractivity contribution is 0.144. The van der Waals surface area contributed by atoms with Crippen LogP contribution in [0.4, 0.5) is 0 Å². The molecule has 2 aliphatic rings. The highest BCUT2D eigenvalue weighted by Gasteiger charge is 2.33. The van der Waals surface area contributed by atoms with Crippen molar-refractivity contribution in [3.8, 4) is 11.1 Å². The summed E-state index contributed by atoms with van der Waals surface area (Å²) < 4.78 is 16.1. The number of likely N-dealkylation sites (tertiary alicyclic amines) is 1. The standard InChI is InChI=1S/C35H38N2OS/c38-39(35-18-16-32(17-19-35)29-10-4-1-5-11-29)37-26-28(24-34(27-37)31-14-8-3-9-15-31)25-36-22-20-33(21-23-36)30-12-6-2-7-13-30/h1-19,28,33-34H,20-27H2/t28-,34+,39?/m0/s1. The summed E-state index contributed by atoms with van der Waals surface area (Å²) in [5.74, 6) is 1.58. The van der Waals surface area contributed by atoms with E-state index < -0.39 is 11.0 Å². The fourth-order valence-corrected chi connectivity index (χ4v) is 7.81. The van der Waals surface area contributed by atoms with Crippen molar-refractivity contribution in [1.29, 1.82) is 0 Å². The molecule has 2 fully saturated rings. The predicted molar refractivity (Wildman–Crippen MR) is 162 cm³/mol. The molecule has 3 nitrogen and oxygen atoms in total. The second-order valence-electron chi connectivity index (χ2n) is 11.2. The third kappa shape index (κ3) is 6.41. The van der Waals surface area contributed by atoms with Gasteiger partial charge in [0, 0.05) is 19.6 Å². The lowest BCUT2D eigenvalue weighted by Gasteiger charge is -2.40. The minimum absolute atomic E-state index is 0.402. The molecule has 0 aliphatic carbocycles. The lowest BCUT2D eigenvalue weighted by Crippen LogP contribution is -2.46. The smallest absolute Gasteiger partial charge is 0.127 e. The van der Waals surface area contributed by atoms with E-state index in [2.05, 4.69) is 106 Å². The summed E-state index contributed by atoms with van der Waals surface area (Å²) in [4.78, 5) is 3.55. The van der Waals surface area contributed by atoms with Gasteiger partial charge in [0.15, 0.2) is 0 Å². The molecule has 0 radical (unpaired) electrons. The quantitative estimate of drug-likeness (QED) is 0.247. The third-order valence-electron chi connectivity index (χ3n) is 8.55. The lowest BCUT2D eigenvalue weighted by atomic mass is 9.84. The average molecular weight is 535 g/mol. The fraction of sp³-hybridized carbons (Fsp3) is 0.314. The zero-order valence-electron chi connectivity index (χ0n) is 22.6. The monoisotopic (exact) mass is 534 g/mol. The number of nitrogens with zero attached hydrogens (tertiary/aromatic N) is 2. The summed E-state index contributed by atoms with van der Waals surface area (Å²) >= 11 is 0. The molecule has 2 heterocycles. The first-order chi connectivity index (χ1) is 19.2. The van der Waals surface area contributed by atoms with E-state index >= 15 is 0 Å². The summed E-state index contributed by atoms with van der Waals surface area (Å²) in [6, 6.07) is 40.6. The molecule has 4 aromatic carbocycles. The van der Waals surface area contributed by atoms with Gasteiger partial charge in [-0.2, -0.15) is 0 Å². The van der Waals surface area contributed by atoms with E-state index in [0.717, 1.165) is 49.6 Å². The number of benzene rings is 4. The van der Waals surface area contributed by atoms with Gasteiger partial charge < -0.3 is 4.90 Å². The van der Waals surface area contributed by atoms with Gasteiger partial charge in [0.25, 0.3) is 0 Å². The highest BCUT2D eigenvalue weighted by Crippen LogP contribution is 2.34. The molecule has 200 valence electrons. The van der Waals surface area contributed by atoms with E-state index in [1.54, 1.807) is 0 Å². The van der Waals surface area contributed by atoms with E-state index in [-0.39, 0.29) is 0 Å². The molecule has 4 aromatic rings. The van der Waals surface area contributed by atoms with Crippen LogP contribution in [0.2, 0.25) is 0 Å². The van der Waals surface area contributed by atoms with Crippen molar-refractivity contribution in [3.63, 3.8) is 0 Å². The zero-order chi connectivity index (χ0) is 26.4. The maximum atomic E-state index is 13.9. The van der Waals surface area contributed by atoms with Crippen molar-refractivity contribution >= 4 is 11.0 Å². The molecule has 2 aliphatic heterocycles. The fourth-order valence-electron chi connectivity index (χ4n) is 6.48. The molecule has 6 rings (SSSR count). The first-order valence-corrected chi connectivity index (χ1v) is 15.5. The molecular weight excluding hydrogens is 496 g/mol. The summed E-state index contributed by atoms with van der Waals surface area (Å²) in [6.07, 6.45) is 3.60. The highest BCUT2D eigenvalue weighted by atomic mass is 32.2. The van der Waals surface area contributed by atoms with E-state index in [1.165, 1.54) is 29.5 Å². The molecule has 3 atom stereocenters. The second kappa shape index (κ2) is 12.4. The van der Waals surface area contributed by atoms with Crippen LogP contribution in [0, 0.1) is 5.92 Å². The molecular formula is C35H38N2OS. The normalized spacial score (nSPS) is 21.9. The second-order valence-corrected chi connectivity index (χ2v) is 12.7. The van der Waals surface area contributed by atoms with Crippen molar-refractivity contribution in [2.75, 3.05) is 32.7 Å².